The van der Waals surface area contributed by atoms with Gasteiger partial charge in [-0.25, -0.2) is 0 Å². The lowest BCUT2D eigenvalue weighted by Crippen LogP contribution is -2.40. The highest BCUT2D eigenvalue weighted by atomic mass is 16.5. The van der Waals surface area contributed by atoms with Gasteiger partial charge in [0.05, 0.1) is 12.7 Å². The summed E-state index contributed by atoms with van der Waals surface area (Å²) in [6.45, 7) is 5.81. The van der Waals surface area contributed by atoms with Crippen LogP contribution in [0.5, 0.6) is 5.75 Å². The minimum atomic E-state index is -0.674. The van der Waals surface area contributed by atoms with Crippen molar-refractivity contribution in [2.24, 2.45) is 0 Å². The minimum absolute atomic E-state index is 0.674. The molecular formula is C14H21NO2. The predicted octanol–water partition coefficient (Wildman–Crippen LogP) is 1.88. The zero-order chi connectivity index (χ0) is 12.5. The molecule has 1 aromatic carbocycles. The molecule has 0 aromatic heterocycles. The quantitative estimate of drug-likeness (QED) is 0.822. The van der Waals surface area contributed by atoms with Crippen LogP contribution in [0.15, 0.2) is 12.1 Å². The van der Waals surface area contributed by atoms with Crippen LogP contribution in [0.3, 0.4) is 0 Å². The average molecular weight is 235 g/mol. The van der Waals surface area contributed by atoms with Crippen LogP contribution in [-0.2, 0) is 5.60 Å². The monoisotopic (exact) mass is 235 g/mol. The molecule has 3 heteroatoms. The maximum Gasteiger partial charge on any atom is 0.122 e. The SMILES string of the molecule is COc1cc(C)c(C2(O)CCNCC2)cc1C. The smallest absolute Gasteiger partial charge is 0.122 e. The number of aryl methyl sites for hydroxylation is 2. The first-order valence-corrected chi connectivity index (χ1v) is 6.15. The summed E-state index contributed by atoms with van der Waals surface area (Å²) in [6, 6.07) is 4.09. The van der Waals surface area contributed by atoms with E-state index in [-0.39, 0.29) is 0 Å². The van der Waals surface area contributed by atoms with Gasteiger partial charge in [0.15, 0.2) is 0 Å². The van der Waals surface area contributed by atoms with Crippen LogP contribution in [0.1, 0.15) is 29.5 Å². The molecule has 0 unspecified atom stereocenters. The predicted molar refractivity (Wildman–Crippen MR) is 68.5 cm³/mol. The molecule has 0 aliphatic carbocycles. The largest absolute Gasteiger partial charge is 0.496 e. The fourth-order valence-corrected chi connectivity index (χ4v) is 2.62. The summed E-state index contributed by atoms with van der Waals surface area (Å²) in [5.41, 5.74) is 2.57. The molecule has 17 heavy (non-hydrogen) atoms. The Morgan fingerprint density at radius 2 is 1.82 bits per heavy atom. The first-order valence-electron chi connectivity index (χ1n) is 6.15. The fraction of sp³-hybridized carbons (Fsp3) is 0.571. The standard InChI is InChI=1S/C14H21NO2/c1-10-9-13(17-3)11(2)8-12(10)14(16)4-6-15-7-5-14/h8-9,15-16H,4-7H2,1-3H3. The number of methoxy groups -OCH3 is 1. The van der Waals surface area contributed by atoms with Crippen molar-refractivity contribution in [3.8, 4) is 5.75 Å². The van der Waals surface area contributed by atoms with E-state index in [4.69, 9.17) is 4.74 Å². The Labute approximate surface area is 103 Å². The molecule has 0 spiro atoms. The Kier molecular flexibility index (Phi) is 3.40. The highest BCUT2D eigenvalue weighted by molar-refractivity contribution is 5.44. The molecule has 0 amide bonds. The molecule has 1 aliphatic rings. The van der Waals surface area contributed by atoms with Crippen molar-refractivity contribution in [1.29, 1.82) is 0 Å². The van der Waals surface area contributed by atoms with Gasteiger partial charge in [0.25, 0.3) is 0 Å². The van der Waals surface area contributed by atoms with Gasteiger partial charge in [0.2, 0.25) is 0 Å². The third-order valence-corrected chi connectivity index (χ3v) is 3.67. The van der Waals surface area contributed by atoms with Crippen LogP contribution >= 0.6 is 0 Å². The van der Waals surface area contributed by atoms with Crippen LogP contribution in [0.4, 0.5) is 0 Å². The van der Waals surface area contributed by atoms with Crippen molar-refractivity contribution < 1.29 is 9.84 Å². The number of aliphatic hydroxyl groups is 1. The number of piperidine rings is 1. The molecule has 1 heterocycles. The molecule has 0 atom stereocenters. The van der Waals surface area contributed by atoms with Gasteiger partial charge < -0.3 is 15.2 Å². The summed E-state index contributed by atoms with van der Waals surface area (Å²) in [5, 5.41) is 14.0. The second-order valence-electron chi connectivity index (χ2n) is 4.92. The van der Waals surface area contributed by atoms with Crippen molar-refractivity contribution in [3.63, 3.8) is 0 Å². The van der Waals surface area contributed by atoms with Gasteiger partial charge in [-0.3, -0.25) is 0 Å². The van der Waals surface area contributed by atoms with E-state index in [1.54, 1.807) is 7.11 Å². The molecule has 1 saturated heterocycles. The molecule has 0 radical (unpaired) electrons. The number of benzene rings is 1. The lowest BCUT2D eigenvalue weighted by Gasteiger charge is -2.34. The topological polar surface area (TPSA) is 41.5 Å². The highest BCUT2D eigenvalue weighted by Gasteiger charge is 2.32. The number of hydrogen-bond donors (Lipinski definition) is 2. The molecule has 1 fully saturated rings. The summed E-state index contributed by atoms with van der Waals surface area (Å²) in [7, 11) is 1.68. The number of ether oxygens (including phenoxy) is 1. The summed E-state index contributed by atoms with van der Waals surface area (Å²) in [5.74, 6) is 0.892. The van der Waals surface area contributed by atoms with Crippen molar-refractivity contribution >= 4 is 0 Å². The maximum atomic E-state index is 10.7. The molecule has 1 aliphatic heterocycles. The second-order valence-corrected chi connectivity index (χ2v) is 4.92. The third kappa shape index (κ3) is 2.31. The Bertz CT molecular complexity index is 409. The van der Waals surface area contributed by atoms with E-state index >= 15 is 0 Å². The average Bonchev–Trinajstić information content (AvgIpc) is 2.32. The molecule has 2 N–H and O–H groups in total. The van der Waals surface area contributed by atoms with E-state index in [2.05, 4.69) is 11.4 Å². The van der Waals surface area contributed by atoms with E-state index < -0.39 is 5.60 Å². The van der Waals surface area contributed by atoms with E-state index in [1.165, 1.54) is 0 Å². The Morgan fingerprint density at radius 1 is 1.18 bits per heavy atom. The lowest BCUT2D eigenvalue weighted by atomic mass is 9.82. The summed E-state index contributed by atoms with van der Waals surface area (Å²) >= 11 is 0. The number of nitrogens with one attached hydrogen (secondary N) is 1. The van der Waals surface area contributed by atoms with Crippen LogP contribution in [-0.4, -0.2) is 25.3 Å². The van der Waals surface area contributed by atoms with Gasteiger partial charge >= 0.3 is 0 Å². The maximum absolute atomic E-state index is 10.7. The fourth-order valence-electron chi connectivity index (χ4n) is 2.62. The molecule has 2 rings (SSSR count). The van der Waals surface area contributed by atoms with Gasteiger partial charge in [-0.1, -0.05) is 0 Å². The van der Waals surface area contributed by atoms with Gasteiger partial charge in [0, 0.05) is 0 Å². The zero-order valence-electron chi connectivity index (χ0n) is 10.8. The molecule has 1 aromatic rings. The van der Waals surface area contributed by atoms with Gasteiger partial charge in [0.1, 0.15) is 5.75 Å². The summed E-state index contributed by atoms with van der Waals surface area (Å²) in [6.07, 6.45) is 1.55. The van der Waals surface area contributed by atoms with E-state index in [0.29, 0.717) is 0 Å². The lowest BCUT2D eigenvalue weighted by molar-refractivity contribution is 0.00529. The molecule has 3 nitrogen and oxygen atoms in total. The van der Waals surface area contributed by atoms with Crippen molar-refractivity contribution in [2.75, 3.05) is 20.2 Å². The minimum Gasteiger partial charge on any atom is -0.496 e. The van der Waals surface area contributed by atoms with Gasteiger partial charge in [-0.15, -0.1) is 0 Å². The van der Waals surface area contributed by atoms with Gasteiger partial charge in [-0.2, -0.15) is 0 Å². The molecule has 0 saturated carbocycles. The Hall–Kier alpha value is -1.06. The van der Waals surface area contributed by atoms with Gasteiger partial charge in [-0.05, 0) is 68.6 Å². The zero-order valence-corrected chi connectivity index (χ0v) is 10.8. The van der Waals surface area contributed by atoms with E-state index in [0.717, 1.165) is 48.4 Å². The Morgan fingerprint density at radius 3 is 2.41 bits per heavy atom. The van der Waals surface area contributed by atoms with Crippen LogP contribution < -0.4 is 10.1 Å². The summed E-state index contributed by atoms with van der Waals surface area (Å²) in [4.78, 5) is 0. The van der Waals surface area contributed by atoms with Crippen molar-refractivity contribution in [3.05, 3.63) is 28.8 Å². The summed E-state index contributed by atoms with van der Waals surface area (Å²) < 4.78 is 5.31. The normalized spacial score (nSPS) is 19.1. The first kappa shape index (κ1) is 12.4. The first-order chi connectivity index (χ1) is 8.07. The van der Waals surface area contributed by atoms with Crippen LogP contribution in [0.25, 0.3) is 0 Å². The van der Waals surface area contributed by atoms with Crippen molar-refractivity contribution in [2.45, 2.75) is 32.3 Å². The van der Waals surface area contributed by atoms with E-state index in [9.17, 15) is 5.11 Å². The Balaban J connectivity index is 2.41. The second kappa shape index (κ2) is 4.67. The highest BCUT2D eigenvalue weighted by Crippen LogP contribution is 2.35. The van der Waals surface area contributed by atoms with Crippen molar-refractivity contribution in [1.82, 2.24) is 5.32 Å². The molecular weight excluding hydrogens is 214 g/mol. The molecule has 0 bridgehead atoms. The van der Waals surface area contributed by atoms with Crippen LogP contribution in [0, 0.1) is 13.8 Å². The number of hydrogen-bond acceptors (Lipinski definition) is 3. The third-order valence-electron chi connectivity index (χ3n) is 3.67. The van der Waals surface area contributed by atoms with E-state index in [1.807, 2.05) is 19.9 Å². The molecule has 94 valence electrons. The van der Waals surface area contributed by atoms with Crippen LogP contribution in [0.2, 0.25) is 0 Å². The number of rotatable bonds is 2.